The second-order valence-corrected chi connectivity index (χ2v) is 5.07. The van der Waals surface area contributed by atoms with Crippen LogP contribution in [0.25, 0.3) is 5.69 Å². The topological polar surface area (TPSA) is 29.9 Å². The zero-order valence-electron chi connectivity index (χ0n) is 11.6. The van der Waals surface area contributed by atoms with Crippen LogP contribution in [0, 0.1) is 13.8 Å². The fraction of sp³-hybridized carbons (Fsp3) is 0.400. The smallest absolute Gasteiger partial charge is 0.0690 e. The Hall–Kier alpha value is -1.61. The van der Waals surface area contributed by atoms with Gasteiger partial charge in [0.15, 0.2) is 0 Å². The molecule has 0 radical (unpaired) electrons. The van der Waals surface area contributed by atoms with Gasteiger partial charge in [-0.3, -0.25) is 0 Å². The van der Waals surface area contributed by atoms with Crippen LogP contribution >= 0.6 is 0 Å². The lowest BCUT2D eigenvalue weighted by atomic mass is 10.1. The lowest BCUT2D eigenvalue weighted by molar-refractivity contribution is 0.586. The minimum atomic E-state index is 0.484. The number of rotatable bonds is 4. The van der Waals surface area contributed by atoms with E-state index in [4.69, 9.17) is 0 Å². The summed E-state index contributed by atoms with van der Waals surface area (Å²) in [5, 5.41) is 7.95. The molecule has 18 heavy (non-hydrogen) atoms. The van der Waals surface area contributed by atoms with Crippen molar-refractivity contribution in [3.63, 3.8) is 0 Å². The van der Waals surface area contributed by atoms with E-state index in [9.17, 15) is 0 Å². The van der Waals surface area contributed by atoms with Crippen molar-refractivity contribution in [3.05, 3.63) is 47.3 Å². The van der Waals surface area contributed by atoms with E-state index in [-0.39, 0.29) is 0 Å². The summed E-state index contributed by atoms with van der Waals surface area (Å²) in [6.07, 6.45) is 2.01. The number of nitrogens with one attached hydrogen (secondary N) is 1. The van der Waals surface area contributed by atoms with Crippen molar-refractivity contribution >= 4 is 0 Å². The molecule has 1 N–H and O–H groups in total. The number of hydrogen-bond acceptors (Lipinski definition) is 2. The predicted molar refractivity (Wildman–Crippen MR) is 75.0 cm³/mol. The first kappa shape index (κ1) is 12.8. The Bertz CT molecular complexity index is 526. The predicted octanol–water partition coefficient (Wildman–Crippen LogP) is 2.99. The molecule has 1 aromatic carbocycles. The van der Waals surface area contributed by atoms with Crippen LogP contribution in [0.1, 0.15) is 30.7 Å². The fourth-order valence-corrected chi connectivity index (χ4v) is 1.94. The van der Waals surface area contributed by atoms with Gasteiger partial charge in [-0.15, -0.1) is 0 Å². The van der Waals surface area contributed by atoms with Crippen molar-refractivity contribution in [1.82, 2.24) is 15.1 Å². The molecule has 3 nitrogen and oxygen atoms in total. The highest BCUT2D eigenvalue weighted by Gasteiger charge is 2.06. The third kappa shape index (κ3) is 2.99. The molecule has 0 aliphatic heterocycles. The van der Waals surface area contributed by atoms with Gasteiger partial charge in [0.05, 0.1) is 11.4 Å². The summed E-state index contributed by atoms with van der Waals surface area (Å²) in [5.74, 6) is 0. The Morgan fingerprint density at radius 1 is 1.22 bits per heavy atom. The lowest BCUT2D eigenvalue weighted by Crippen LogP contribution is -2.22. The first-order chi connectivity index (χ1) is 8.56. The molecule has 0 aliphatic carbocycles. The van der Waals surface area contributed by atoms with Crippen molar-refractivity contribution in [2.75, 3.05) is 0 Å². The first-order valence-electron chi connectivity index (χ1n) is 6.42. The summed E-state index contributed by atoms with van der Waals surface area (Å²) in [5.41, 5.74) is 4.76. The first-order valence-corrected chi connectivity index (χ1v) is 6.42. The van der Waals surface area contributed by atoms with E-state index >= 15 is 0 Å². The van der Waals surface area contributed by atoms with Crippen molar-refractivity contribution in [2.24, 2.45) is 0 Å². The summed E-state index contributed by atoms with van der Waals surface area (Å²) < 4.78 is 1.95. The zero-order valence-corrected chi connectivity index (χ0v) is 11.6. The van der Waals surface area contributed by atoms with Crippen molar-refractivity contribution in [3.8, 4) is 5.69 Å². The third-order valence-electron chi connectivity index (χ3n) is 2.90. The average molecular weight is 243 g/mol. The second-order valence-electron chi connectivity index (χ2n) is 5.07. The summed E-state index contributed by atoms with van der Waals surface area (Å²) in [7, 11) is 0. The van der Waals surface area contributed by atoms with E-state index in [2.05, 4.69) is 49.4 Å². The summed E-state index contributed by atoms with van der Waals surface area (Å²) in [6.45, 7) is 9.32. The molecule has 0 atom stereocenters. The van der Waals surface area contributed by atoms with Gasteiger partial charge in [-0.2, -0.15) is 5.10 Å². The van der Waals surface area contributed by atoms with E-state index in [1.807, 2.05) is 23.9 Å². The fourth-order valence-electron chi connectivity index (χ4n) is 1.94. The molecule has 0 fully saturated rings. The molecule has 1 heterocycles. The lowest BCUT2D eigenvalue weighted by Gasteiger charge is -2.13. The average Bonchev–Trinajstić information content (AvgIpc) is 2.73. The molecule has 3 heteroatoms. The molecule has 0 aliphatic rings. The van der Waals surface area contributed by atoms with E-state index in [0.29, 0.717) is 6.04 Å². The third-order valence-corrected chi connectivity index (χ3v) is 2.90. The number of aryl methyl sites for hydroxylation is 2. The largest absolute Gasteiger partial charge is 0.310 e. The Morgan fingerprint density at radius 2 is 2.00 bits per heavy atom. The van der Waals surface area contributed by atoms with Gasteiger partial charge in [-0.1, -0.05) is 31.5 Å². The van der Waals surface area contributed by atoms with Crippen molar-refractivity contribution < 1.29 is 0 Å². The Labute approximate surface area is 109 Å². The molecule has 2 rings (SSSR count). The number of benzene rings is 1. The van der Waals surface area contributed by atoms with Crippen LogP contribution in [0.15, 0.2) is 30.5 Å². The number of nitrogens with zero attached hydrogens (tertiary/aromatic N) is 2. The maximum atomic E-state index is 4.49. The Kier molecular flexibility index (Phi) is 3.82. The van der Waals surface area contributed by atoms with E-state index in [0.717, 1.165) is 17.9 Å². The summed E-state index contributed by atoms with van der Waals surface area (Å²) in [6, 6.07) is 9.00. The highest BCUT2D eigenvalue weighted by Crippen LogP contribution is 2.16. The molecule has 96 valence electrons. The van der Waals surface area contributed by atoms with Gasteiger partial charge in [0.25, 0.3) is 0 Å². The van der Waals surface area contributed by atoms with Crippen molar-refractivity contribution in [2.45, 2.75) is 40.3 Å². The van der Waals surface area contributed by atoms with Gasteiger partial charge in [-0.25, -0.2) is 4.68 Å². The van der Waals surface area contributed by atoms with Crippen LogP contribution in [0.5, 0.6) is 0 Å². The SMILES string of the molecule is Cc1ccc(-n2ccc(C)n2)c(CNC(C)C)c1. The number of hydrogen-bond donors (Lipinski definition) is 1. The van der Waals surface area contributed by atoms with Gasteiger partial charge in [0.2, 0.25) is 0 Å². The minimum absolute atomic E-state index is 0.484. The van der Waals surface area contributed by atoms with Crippen LogP contribution in [0.4, 0.5) is 0 Å². The summed E-state index contributed by atoms with van der Waals surface area (Å²) in [4.78, 5) is 0. The molecular weight excluding hydrogens is 222 g/mol. The Balaban J connectivity index is 2.34. The van der Waals surface area contributed by atoms with Crippen LogP contribution in [-0.4, -0.2) is 15.8 Å². The minimum Gasteiger partial charge on any atom is -0.310 e. The monoisotopic (exact) mass is 243 g/mol. The van der Waals surface area contributed by atoms with E-state index < -0.39 is 0 Å². The molecular formula is C15H21N3. The zero-order chi connectivity index (χ0) is 13.1. The molecule has 0 amide bonds. The Morgan fingerprint density at radius 3 is 2.61 bits per heavy atom. The van der Waals surface area contributed by atoms with Gasteiger partial charge in [0, 0.05) is 18.8 Å². The maximum absolute atomic E-state index is 4.49. The summed E-state index contributed by atoms with van der Waals surface area (Å²) >= 11 is 0. The molecule has 0 spiro atoms. The second kappa shape index (κ2) is 5.36. The van der Waals surface area contributed by atoms with Crippen LogP contribution in [0.2, 0.25) is 0 Å². The van der Waals surface area contributed by atoms with Gasteiger partial charge < -0.3 is 5.32 Å². The molecule has 0 saturated carbocycles. The van der Waals surface area contributed by atoms with Crippen molar-refractivity contribution in [1.29, 1.82) is 0 Å². The van der Waals surface area contributed by atoms with Gasteiger partial charge in [0.1, 0.15) is 0 Å². The highest BCUT2D eigenvalue weighted by molar-refractivity contribution is 5.43. The molecule has 1 aromatic heterocycles. The quantitative estimate of drug-likeness (QED) is 0.894. The molecule has 0 bridgehead atoms. The maximum Gasteiger partial charge on any atom is 0.0690 e. The highest BCUT2D eigenvalue weighted by atomic mass is 15.3. The molecule has 0 saturated heterocycles. The standard InChI is InChI=1S/C15H21N3/c1-11(2)16-10-14-9-12(3)5-6-15(14)18-8-7-13(4)17-18/h5-9,11,16H,10H2,1-4H3. The van der Waals surface area contributed by atoms with Crippen LogP contribution in [-0.2, 0) is 6.54 Å². The van der Waals surface area contributed by atoms with Gasteiger partial charge >= 0.3 is 0 Å². The van der Waals surface area contributed by atoms with Crippen LogP contribution < -0.4 is 5.32 Å². The van der Waals surface area contributed by atoms with E-state index in [1.165, 1.54) is 11.1 Å². The van der Waals surface area contributed by atoms with Gasteiger partial charge in [-0.05, 0) is 31.5 Å². The molecule has 2 aromatic rings. The van der Waals surface area contributed by atoms with E-state index in [1.54, 1.807) is 0 Å². The van der Waals surface area contributed by atoms with Crippen LogP contribution in [0.3, 0.4) is 0 Å². The molecule has 0 unspecified atom stereocenters. The number of aromatic nitrogens is 2. The normalized spacial score (nSPS) is 11.2.